The van der Waals surface area contributed by atoms with Gasteiger partial charge in [-0.3, -0.25) is 0 Å². The van der Waals surface area contributed by atoms with Crippen molar-refractivity contribution in [3.63, 3.8) is 0 Å². The molecule has 88 valence electrons. The first-order valence-electron chi connectivity index (χ1n) is 5.36. The molecule has 0 aliphatic heterocycles. The predicted molar refractivity (Wildman–Crippen MR) is 62.7 cm³/mol. The van der Waals surface area contributed by atoms with Crippen LogP contribution in [0.5, 0.6) is 0 Å². The molecule has 0 aromatic heterocycles. The first kappa shape index (κ1) is 11.9. The van der Waals surface area contributed by atoms with Crippen molar-refractivity contribution in [1.29, 1.82) is 0 Å². The third-order valence-electron chi connectivity index (χ3n) is 3.51. The molecule has 1 aliphatic carbocycles. The molecule has 0 atom stereocenters. The average molecular weight is 243 g/mol. The van der Waals surface area contributed by atoms with Crippen LogP contribution < -0.4 is 5.73 Å². The van der Waals surface area contributed by atoms with Crippen molar-refractivity contribution in [2.24, 2.45) is 5.73 Å². The van der Waals surface area contributed by atoms with Gasteiger partial charge in [-0.05, 0) is 36.8 Å². The van der Waals surface area contributed by atoms with Crippen molar-refractivity contribution < 1.29 is 8.78 Å². The van der Waals surface area contributed by atoms with Crippen molar-refractivity contribution in [1.82, 2.24) is 0 Å². The molecule has 2 N–H and O–H groups in total. The summed E-state index contributed by atoms with van der Waals surface area (Å²) in [6, 6.07) is 2.61. The first-order chi connectivity index (χ1) is 7.63. The topological polar surface area (TPSA) is 26.0 Å². The van der Waals surface area contributed by atoms with Gasteiger partial charge >= 0.3 is 0 Å². The quantitative estimate of drug-likeness (QED) is 0.826. The van der Waals surface area contributed by atoms with E-state index in [9.17, 15) is 8.78 Å². The van der Waals surface area contributed by atoms with E-state index in [2.05, 4.69) is 0 Å². The van der Waals surface area contributed by atoms with Gasteiger partial charge in [0.2, 0.25) is 0 Å². The zero-order valence-corrected chi connectivity index (χ0v) is 10.0. The lowest BCUT2D eigenvalue weighted by Crippen LogP contribution is -2.42. The van der Waals surface area contributed by atoms with Gasteiger partial charge < -0.3 is 5.73 Å². The highest BCUT2D eigenvalue weighted by molar-refractivity contribution is 7.98. The third-order valence-corrected chi connectivity index (χ3v) is 4.27. The van der Waals surface area contributed by atoms with E-state index in [4.69, 9.17) is 5.73 Å². The third kappa shape index (κ3) is 1.74. The van der Waals surface area contributed by atoms with Crippen LogP contribution in [0.1, 0.15) is 24.8 Å². The molecule has 0 amide bonds. The summed E-state index contributed by atoms with van der Waals surface area (Å²) in [4.78, 5) is 0.354. The molecule has 1 aromatic carbocycles. The van der Waals surface area contributed by atoms with Crippen molar-refractivity contribution >= 4 is 11.8 Å². The number of hydrogen-bond acceptors (Lipinski definition) is 2. The molecule has 1 saturated carbocycles. The van der Waals surface area contributed by atoms with Crippen LogP contribution in [-0.2, 0) is 5.41 Å². The van der Waals surface area contributed by atoms with Gasteiger partial charge in [0.25, 0.3) is 0 Å². The van der Waals surface area contributed by atoms with Crippen LogP contribution in [0.4, 0.5) is 8.78 Å². The number of rotatable bonds is 3. The van der Waals surface area contributed by atoms with Crippen molar-refractivity contribution in [2.45, 2.75) is 29.6 Å². The Kier molecular flexibility index (Phi) is 3.22. The zero-order valence-electron chi connectivity index (χ0n) is 9.22. The fourth-order valence-electron chi connectivity index (χ4n) is 2.28. The van der Waals surface area contributed by atoms with Gasteiger partial charge in [-0.1, -0.05) is 6.42 Å². The molecule has 1 nitrogen and oxygen atoms in total. The molecule has 4 heteroatoms. The summed E-state index contributed by atoms with van der Waals surface area (Å²) in [5.74, 6) is -0.667. The van der Waals surface area contributed by atoms with Crippen molar-refractivity contribution in [3.05, 3.63) is 29.3 Å². The lowest BCUT2D eigenvalue weighted by atomic mass is 9.64. The maximum absolute atomic E-state index is 13.9. The number of hydrogen-bond donors (Lipinski definition) is 1. The second-order valence-corrected chi connectivity index (χ2v) is 5.15. The molecule has 0 radical (unpaired) electrons. The van der Waals surface area contributed by atoms with E-state index in [1.165, 1.54) is 23.9 Å². The molecule has 0 bridgehead atoms. The Morgan fingerprint density at radius 2 is 2.00 bits per heavy atom. The average Bonchev–Trinajstić information content (AvgIpc) is 2.22. The van der Waals surface area contributed by atoms with Gasteiger partial charge in [-0.25, -0.2) is 8.78 Å². The second-order valence-electron chi connectivity index (χ2n) is 4.30. The Morgan fingerprint density at radius 1 is 1.31 bits per heavy atom. The van der Waals surface area contributed by atoms with Crippen LogP contribution >= 0.6 is 11.8 Å². The normalized spacial score (nSPS) is 18.2. The Hall–Kier alpha value is -0.610. The molecule has 2 rings (SSSR count). The van der Waals surface area contributed by atoms with Crippen LogP contribution in [0.15, 0.2) is 17.0 Å². The van der Waals surface area contributed by atoms with Gasteiger partial charge in [0.15, 0.2) is 0 Å². The maximum Gasteiger partial charge on any atom is 0.137 e. The van der Waals surface area contributed by atoms with Gasteiger partial charge in [0, 0.05) is 16.9 Å². The van der Waals surface area contributed by atoms with E-state index in [1.807, 2.05) is 0 Å². The van der Waals surface area contributed by atoms with Crippen molar-refractivity contribution in [2.75, 3.05) is 12.8 Å². The molecule has 0 unspecified atom stereocenters. The number of benzene rings is 1. The summed E-state index contributed by atoms with van der Waals surface area (Å²) < 4.78 is 27.5. The van der Waals surface area contributed by atoms with E-state index >= 15 is 0 Å². The molecule has 1 fully saturated rings. The van der Waals surface area contributed by atoms with Crippen LogP contribution in [0.2, 0.25) is 0 Å². The minimum atomic E-state index is -0.344. The first-order valence-corrected chi connectivity index (χ1v) is 6.59. The lowest BCUT2D eigenvalue weighted by molar-refractivity contribution is 0.243. The number of halogens is 2. The summed E-state index contributed by atoms with van der Waals surface area (Å²) in [5.41, 5.74) is 5.83. The van der Waals surface area contributed by atoms with Gasteiger partial charge in [-0.2, -0.15) is 0 Å². The van der Waals surface area contributed by atoms with Crippen LogP contribution in [-0.4, -0.2) is 12.8 Å². The van der Waals surface area contributed by atoms with E-state index in [1.54, 1.807) is 6.26 Å². The Labute approximate surface area is 98.4 Å². The lowest BCUT2D eigenvalue weighted by Gasteiger charge is -2.41. The largest absolute Gasteiger partial charge is 0.330 e. The number of thioether (sulfide) groups is 1. The smallest absolute Gasteiger partial charge is 0.137 e. The maximum atomic E-state index is 13.9. The minimum absolute atomic E-state index is 0.318. The molecule has 0 saturated heterocycles. The van der Waals surface area contributed by atoms with Crippen molar-refractivity contribution in [3.8, 4) is 0 Å². The molecule has 1 aromatic rings. The highest BCUT2D eigenvalue weighted by Gasteiger charge is 2.39. The fourth-order valence-corrected chi connectivity index (χ4v) is 2.75. The molecular weight excluding hydrogens is 228 g/mol. The highest BCUT2D eigenvalue weighted by Crippen LogP contribution is 2.44. The summed E-state index contributed by atoms with van der Waals surface area (Å²) in [6.07, 6.45) is 4.50. The fraction of sp³-hybridized carbons (Fsp3) is 0.500. The monoisotopic (exact) mass is 243 g/mol. The van der Waals surface area contributed by atoms with E-state index < -0.39 is 0 Å². The molecule has 16 heavy (non-hydrogen) atoms. The second kappa shape index (κ2) is 4.34. The molecule has 0 heterocycles. The summed E-state index contributed by atoms with van der Waals surface area (Å²) in [7, 11) is 0. The van der Waals surface area contributed by atoms with Gasteiger partial charge in [0.05, 0.1) is 0 Å². The Balaban J connectivity index is 2.45. The Bertz CT molecular complexity index is 397. The van der Waals surface area contributed by atoms with Gasteiger partial charge in [0.1, 0.15) is 11.6 Å². The van der Waals surface area contributed by atoms with Gasteiger partial charge in [-0.15, -0.1) is 11.8 Å². The number of nitrogens with two attached hydrogens (primary N) is 1. The van der Waals surface area contributed by atoms with E-state index in [-0.39, 0.29) is 17.0 Å². The standard InChI is InChI=1S/C12H15F2NS/c1-16-11-6-9(13)8(5-10(11)14)12(7-15)3-2-4-12/h5-6H,2-4,7,15H2,1H3. The van der Waals surface area contributed by atoms with Crippen LogP contribution in [0.3, 0.4) is 0 Å². The molecular formula is C12H15F2NS. The van der Waals surface area contributed by atoms with Crippen LogP contribution in [0, 0.1) is 11.6 Å². The predicted octanol–water partition coefficient (Wildman–Crippen LogP) is 3.07. The molecule has 0 spiro atoms. The summed E-state index contributed by atoms with van der Waals surface area (Å²) in [5, 5.41) is 0. The minimum Gasteiger partial charge on any atom is -0.330 e. The summed E-state index contributed by atoms with van der Waals surface area (Å²) >= 11 is 1.22. The highest BCUT2D eigenvalue weighted by atomic mass is 32.2. The van der Waals surface area contributed by atoms with Crippen LogP contribution in [0.25, 0.3) is 0 Å². The van der Waals surface area contributed by atoms with E-state index in [0.29, 0.717) is 17.0 Å². The Morgan fingerprint density at radius 3 is 2.44 bits per heavy atom. The SMILES string of the molecule is CSc1cc(F)c(C2(CN)CCC2)cc1F. The summed E-state index contributed by atoms with van der Waals surface area (Å²) in [6.45, 7) is 0.391. The molecule has 1 aliphatic rings. The zero-order chi connectivity index (χ0) is 11.8. The van der Waals surface area contributed by atoms with E-state index in [0.717, 1.165) is 19.3 Å².